The Morgan fingerprint density at radius 3 is 2.63 bits per heavy atom. The molecule has 220 valence electrons. The van der Waals surface area contributed by atoms with Crippen LogP contribution in [0.3, 0.4) is 0 Å². The van der Waals surface area contributed by atoms with E-state index < -0.39 is 38.0 Å². The number of hydrogen-bond donors (Lipinski definition) is 3. The number of carbonyl (C=O) groups excluding carboxylic acids is 3. The van der Waals surface area contributed by atoms with Crippen LogP contribution in [-0.4, -0.2) is 54.5 Å². The first-order valence-electron chi connectivity index (χ1n) is 12.4. The maximum Gasteiger partial charge on any atom is 0.529 e. The van der Waals surface area contributed by atoms with Crippen LogP contribution >= 0.6 is 19.4 Å². The summed E-state index contributed by atoms with van der Waals surface area (Å²) in [5.41, 5.74) is -0.693. The molecule has 4 rings (SSSR count). The highest BCUT2D eigenvalue weighted by atomic mass is 35.5. The van der Waals surface area contributed by atoms with E-state index in [0.717, 1.165) is 0 Å². The quantitative estimate of drug-likeness (QED) is 0.212. The molecule has 3 N–H and O–H groups in total. The number of esters is 1. The molecule has 17 heteroatoms. The van der Waals surface area contributed by atoms with Gasteiger partial charge in [-0.2, -0.15) is 4.98 Å². The Kier molecular flexibility index (Phi) is 9.24. The number of aromatic nitrogens is 4. The van der Waals surface area contributed by atoms with Crippen LogP contribution in [0.5, 0.6) is 5.75 Å². The number of nitrogens with zero attached hydrogens (tertiary/aromatic N) is 3. The molecule has 1 aliphatic rings. The smallest absolute Gasteiger partial charge is 0.457 e. The molecule has 1 unspecified atom stereocenters. The second-order valence-corrected chi connectivity index (χ2v) is 11.2. The van der Waals surface area contributed by atoms with Crippen molar-refractivity contribution in [3.05, 3.63) is 46.0 Å². The van der Waals surface area contributed by atoms with Crippen LogP contribution in [0.1, 0.15) is 46.3 Å². The van der Waals surface area contributed by atoms with Gasteiger partial charge in [0, 0.05) is 23.8 Å². The van der Waals surface area contributed by atoms with E-state index in [-0.39, 0.29) is 59.7 Å². The van der Waals surface area contributed by atoms with Gasteiger partial charge >= 0.3 is 13.8 Å². The number of carbonyl (C=O) groups is 3. The molecule has 0 radical (unpaired) electrons. The van der Waals surface area contributed by atoms with Crippen molar-refractivity contribution in [3.8, 4) is 5.75 Å². The lowest BCUT2D eigenvalue weighted by atomic mass is 10.2. The summed E-state index contributed by atoms with van der Waals surface area (Å²) in [5, 5.41) is 2.88. The standard InChI is InChI=1S/C24H27ClN5O10P/c1-12(2)21(33)28-24-27-20-19(22(34)29-24)26-11-30(20)17-10-16(37-18(32)9-4-13(3)31)23(38-17)40-41(35,36)39-15-7-5-14(25)6-8-15/h5-8,11-12,16-17,23H,4,9-10H2,1-3H3,(H,35,36)(H2,27,28,29,33,34)/t16-,17-,23+/m0/s1. The van der Waals surface area contributed by atoms with E-state index in [9.17, 15) is 28.6 Å². The Bertz CT molecular complexity index is 1560. The van der Waals surface area contributed by atoms with Gasteiger partial charge in [0.2, 0.25) is 18.1 Å². The highest BCUT2D eigenvalue weighted by Gasteiger charge is 2.45. The van der Waals surface area contributed by atoms with E-state index in [4.69, 9.17) is 30.1 Å². The van der Waals surface area contributed by atoms with Gasteiger partial charge in [-0.25, -0.2) is 14.1 Å². The molecule has 3 heterocycles. The normalized spacial score (nSPS) is 20.1. The summed E-state index contributed by atoms with van der Waals surface area (Å²) >= 11 is 5.83. The Labute approximate surface area is 237 Å². The van der Waals surface area contributed by atoms with Crippen LogP contribution in [0.2, 0.25) is 5.02 Å². The van der Waals surface area contributed by atoms with Gasteiger partial charge in [-0.1, -0.05) is 25.4 Å². The number of aromatic amines is 1. The monoisotopic (exact) mass is 611 g/mol. The van der Waals surface area contributed by atoms with Gasteiger partial charge < -0.3 is 18.8 Å². The number of benzene rings is 1. The lowest BCUT2D eigenvalue weighted by Crippen LogP contribution is -2.29. The minimum atomic E-state index is -4.84. The van der Waals surface area contributed by atoms with Crippen LogP contribution in [0, 0.1) is 5.92 Å². The van der Waals surface area contributed by atoms with Crippen molar-refractivity contribution in [2.24, 2.45) is 5.92 Å². The number of H-pyrrole nitrogens is 1. The number of ketones is 1. The van der Waals surface area contributed by atoms with Crippen molar-refractivity contribution in [1.82, 2.24) is 19.5 Å². The number of phosphoric ester groups is 1. The van der Waals surface area contributed by atoms with E-state index in [1.807, 2.05) is 0 Å². The average Bonchev–Trinajstić information content (AvgIpc) is 3.47. The van der Waals surface area contributed by atoms with E-state index in [0.29, 0.717) is 5.02 Å². The summed E-state index contributed by atoms with van der Waals surface area (Å²) in [7, 11) is -4.84. The topological polar surface area (TPSA) is 201 Å². The summed E-state index contributed by atoms with van der Waals surface area (Å²) < 4.78 is 35.7. The van der Waals surface area contributed by atoms with Crippen molar-refractivity contribution in [2.45, 2.75) is 58.7 Å². The number of imidazole rings is 1. The van der Waals surface area contributed by atoms with E-state index in [1.165, 1.54) is 42.1 Å². The molecule has 0 bridgehead atoms. The third kappa shape index (κ3) is 7.77. The second-order valence-electron chi connectivity index (χ2n) is 9.43. The minimum Gasteiger partial charge on any atom is -0.457 e. The maximum atomic E-state index is 12.8. The van der Waals surface area contributed by atoms with Crippen LogP contribution in [-0.2, 0) is 32.9 Å². The Hall–Kier alpha value is -3.62. The number of nitrogens with one attached hydrogen (secondary N) is 2. The van der Waals surface area contributed by atoms with E-state index in [1.54, 1.807) is 13.8 Å². The molecule has 41 heavy (non-hydrogen) atoms. The Morgan fingerprint density at radius 1 is 1.27 bits per heavy atom. The van der Waals surface area contributed by atoms with Crippen LogP contribution in [0.15, 0.2) is 35.4 Å². The first-order chi connectivity index (χ1) is 19.3. The molecule has 1 amide bonds. The summed E-state index contributed by atoms with van der Waals surface area (Å²) in [6.07, 6.45) is -3.06. The number of ether oxygens (including phenoxy) is 2. The van der Waals surface area contributed by atoms with Gasteiger partial charge in [0.15, 0.2) is 17.3 Å². The highest BCUT2D eigenvalue weighted by Crippen LogP contribution is 2.48. The predicted octanol–water partition coefficient (Wildman–Crippen LogP) is 3.09. The molecule has 4 atom stereocenters. The average molecular weight is 612 g/mol. The lowest BCUT2D eigenvalue weighted by molar-refractivity contribution is -0.169. The van der Waals surface area contributed by atoms with Gasteiger partial charge in [-0.3, -0.25) is 34.1 Å². The fourth-order valence-electron chi connectivity index (χ4n) is 3.73. The first kappa shape index (κ1) is 30.3. The number of hydrogen-bond acceptors (Lipinski definition) is 11. The minimum absolute atomic E-state index is 0.0182. The van der Waals surface area contributed by atoms with E-state index in [2.05, 4.69) is 20.3 Å². The lowest BCUT2D eigenvalue weighted by Gasteiger charge is -2.21. The predicted molar refractivity (Wildman–Crippen MR) is 143 cm³/mol. The number of amides is 1. The van der Waals surface area contributed by atoms with Crippen LogP contribution in [0.4, 0.5) is 5.95 Å². The molecule has 1 aromatic carbocycles. The second kappa shape index (κ2) is 12.5. The van der Waals surface area contributed by atoms with Crippen LogP contribution in [0.25, 0.3) is 11.2 Å². The number of fused-ring (bicyclic) bond motifs is 1. The van der Waals surface area contributed by atoms with Crippen molar-refractivity contribution in [2.75, 3.05) is 5.32 Å². The van der Waals surface area contributed by atoms with Crippen molar-refractivity contribution >= 4 is 54.2 Å². The van der Waals surface area contributed by atoms with Gasteiger partial charge in [-0.05, 0) is 31.2 Å². The number of rotatable bonds is 11. The molecular formula is C24H27ClN5O10P. The molecule has 0 spiro atoms. The highest BCUT2D eigenvalue weighted by molar-refractivity contribution is 7.47. The molecule has 1 fully saturated rings. The first-order valence-corrected chi connectivity index (χ1v) is 14.3. The SMILES string of the molecule is CC(=O)CCC(=O)O[C@H]1C[C@@H](n2cnc3c(=O)[nH]c(NC(=O)C(C)C)nc32)O[C@@H]1OP(=O)(O)Oc1ccc(Cl)cc1. The third-order valence-electron chi connectivity index (χ3n) is 5.77. The fourth-order valence-corrected chi connectivity index (χ4v) is 4.73. The van der Waals surface area contributed by atoms with Gasteiger partial charge in [0.1, 0.15) is 17.8 Å². The molecular weight excluding hydrogens is 585 g/mol. The van der Waals surface area contributed by atoms with Gasteiger partial charge in [0.05, 0.1) is 12.7 Å². The van der Waals surface area contributed by atoms with Crippen LogP contribution < -0.4 is 15.4 Å². The largest absolute Gasteiger partial charge is 0.529 e. The molecule has 15 nitrogen and oxygen atoms in total. The molecule has 0 saturated carbocycles. The van der Waals surface area contributed by atoms with Crippen molar-refractivity contribution < 1.29 is 42.4 Å². The third-order valence-corrected chi connectivity index (χ3v) is 6.94. The zero-order chi connectivity index (χ0) is 29.9. The fraction of sp³-hybridized carbons (Fsp3) is 0.417. The molecule has 0 aliphatic carbocycles. The zero-order valence-electron chi connectivity index (χ0n) is 22.1. The molecule has 3 aromatic rings. The molecule has 2 aromatic heterocycles. The maximum absolute atomic E-state index is 12.8. The summed E-state index contributed by atoms with van der Waals surface area (Å²) in [4.78, 5) is 69.6. The summed E-state index contributed by atoms with van der Waals surface area (Å²) in [5.74, 6) is -1.92. The zero-order valence-corrected chi connectivity index (χ0v) is 23.8. The van der Waals surface area contributed by atoms with Crippen molar-refractivity contribution in [3.63, 3.8) is 0 Å². The Balaban J connectivity index is 1.60. The van der Waals surface area contributed by atoms with Gasteiger partial charge in [-0.15, -0.1) is 0 Å². The molecule has 1 saturated heterocycles. The van der Waals surface area contributed by atoms with E-state index >= 15 is 0 Å². The Morgan fingerprint density at radius 2 is 1.98 bits per heavy atom. The van der Waals surface area contributed by atoms with Crippen molar-refractivity contribution in [1.29, 1.82) is 0 Å². The van der Waals surface area contributed by atoms with Gasteiger partial charge in [0.25, 0.3) is 5.56 Å². The summed E-state index contributed by atoms with van der Waals surface area (Å²) in [6, 6.07) is 5.58. The summed E-state index contributed by atoms with van der Waals surface area (Å²) in [6.45, 7) is 4.65. The number of Topliss-reactive ketones (excluding diaryl/α,β-unsaturated/α-hetero) is 1. The number of phosphoric acid groups is 1. The number of halogens is 1. The molecule has 1 aliphatic heterocycles. The number of anilines is 1.